The fourth-order valence-corrected chi connectivity index (χ4v) is 6.65. The van der Waals surface area contributed by atoms with Gasteiger partial charge in [-0.05, 0) is 79.6 Å². The molecule has 2 aromatic carbocycles. The lowest BCUT2D eigenvalue weighted by molar-refractivity contribution is -0.159. The first kappa shape index (κ1) is 26.4. The van der Waals surface area contributed by atoms with Crippen molar-refractivity contribution in [3.63, 3.8) is 0 Å². The highest BCUT2D eigenvalue weighted by molar-refractivity contribution is 6.39. The molecule has 3 saturated heterocycles. The van der Waals surface area contributed by atoms with Gasteiger partial charge in [0.1, 0.15) is 5.57 Å². The lowest BCUT2D eigenvalue weighted by Gasteiger charge is -2.50. The van der Waals surface area contributed by atoms with Crippen LogP contribution in [0.25, 0.3) is 6.08 Å². The number of benzene rings is 2. The Balaban J connectivity index is 1.42. The summed E-state index contributed by atoms with van der Waals surface area (Å²) in [5, 5.41) is 2.26. The minimum atomic E-state index is -1.46. The molecule has 0 saturated carbocycles. The lowest BCUT2D eigenvalue weighted by Crippen LogP contribution is -2.70. The Hall–Kier alpha value is -4.80. The Kier molecular flexibility index (Phi) is 5.88. The number of nitrogens with zero attached hydrogens (tertiary/aromatic N) is 4. The standard InChI is InChI=1S/C30H29N5O6/c1-16-7-5-8-21(17(16)2)35-25(37)20(24(36)31-28(35)40)14-18-10-11-22-19(13-18)15-30(23-9-6-12-34(22)23)26(38)32(3)29(41)33(4)27(30)39/h5,7-8,10-11,13-14,23H,6,9,12,15H2,1-4H3,(H,31,36,40)/b20-14+/t23-/m0/s1. The maximum absolute atomic E-state index is 13.6. The van der Waals surface area contributed by atoms with E-state index in [0.717, 1.165) is 37.9 Å². The summed E-state index contributed by atoms with van der Waals surface area (Å²) >= 11 is 0. The normalized spacial score (nSPS) is 23.0. The van der Waals surface area contributed by atoms with E-state index < -0.39 is 41.1 Å². The molecular formula is C30H29N5O6. The predicted molar refractivity (Wildman–Crippen MR) is 149 cm³/mol. The van der Waals surface area contributed by atoms with Crippen molar-refractivity contribution in [2.45, 2.75) is 39.2 Å². The minimum Gasteiger partial charge on any atom is -0.367 e. The maximum atomic E-state index is 13.6. The molecule has 2 aromatic rings. The van der Waals surface area contributed by atoms with Crippen molar-refractivity contribution in [3.05, 3.63) is 64.2 Å². The van der Waals surface area contributed by atoms with Gasteiger partial charge in [-0.25, -0.2) is 14.5 Å². The first-order valence-electron chi connectivity index (χ1n) is 13.4. The second kappa shape index (κ2) is 9.12. The maximum Gasteiger partial charge on any atom is 0.335 e. The zero-order valence-corrected chi connectivity index (χ0v) is 23.2. The molecule has 4 aliphatic rings. The zero-order valence-electron chi connectivity index (χ0n) is 23.2. The van der Waals surface area contributed by atoms with E-state index in [0.29, 0.717) is 29.8 Å². The number of nitrogens with one attached hydrogen (secondary N) is 1. The smallest absolute Gasteiger partial charge is 0.335 e. The van der Waals surface area contributed by atoms with E-state index in [1.54, 1.807) is 31.2 Å². The fraction of sp³-hybridized carbons (Fsp3) is 0.333. The number of carbonyl (C=O) groups excluding carboxylic acids is 6. The molecule has 6 rings (SSSR count). The first-order chi connectivity index (χ1) is 19.5. The van der Waals surface area contributed by atoms with Crippen LogP contribution in [0.15, 0.2) is 42.0 Å². The van der Waals surface area contributed by atoms with Gasteiger partial charge in [-0.15, -0.1) is 0 Å². The van der Waals surface area contributed by atoms with Crippen molar-refractivity contribution >= 4 is 53.1 Å². The molecule has 11 heteroatoms. The number of imide groups is 4. The van der Waals surface area contributed by atoms with Crippen LogP contribution >= 0.6 is 0 Å². The van der Waals surface area contributed by atoms with E-state index in [1.807, 2.05) is 19.1 Å². The zero-order chi connectivity index (χ0) is 29.4. The molecule has 1 spiro atoms. The summed E-state index contributed by atoms with van der Waals surface area (Å²) in [4.78, 5) is 83.9. The van der Waals surface area contributed by atoms with Gasteiger partial charge in [0.25, 0.3) is 11.8 Å². The summed E-state index contributed by atoms with van der Waals surface area (Å²) in [5.74, 6) is -2.61. The van der Waals surface area contributed by atoms with Gasteiger partial charge < -0.3 is 4.90 Å². The third-order valence-electron chi connectivity index (χ3n) is 8.88. The number of hydrogen-bond donors (Lipinski definition) is 1. The number of carbonyl (C=O) groups is 6. The number of urea groups is 2. The van der Waals surface area contributed by atoms with E-state index >= 15 is 0 Å². The van der Waals surface area contributed by atoms with Crippen LogP contribution < -0.4 is 15.1 Å². The molecule has 11 nitrogen and oxygen atoms in total. The first-order valence-corrected chi connectivity index (χ1v) is 13.4. The van der Waals surface area contributed by atoms with Crippen LogP contribution in [0.3, 0.4) is 0 Å². The van der Waals surface area contributed by atoms with Crippen LogP contribution in [0.2, 0.25) is 0 Å². The molecule has 41 heavy (non-hydrogen) atoms. The number of aryl methyl sites for hydroxylation is 1. The van der Waals surface area contributed by atoms with Crippen LogP contribution in [-0.2, 0) is 25.6 Å². The lowest BCUT2D eigenvalue weighted by atomic mass is 9.68. The molecule has 3 fully saturated rings. The number of fused-ring (bicyclic) bond motifs is 4. The van der Waals surface area contributed by atoms with Gasteiger partial charge in [-0.3, -0.25) is 34.3 Å². The Labute approximate surface area is 236 Å². The number of barbiturate groups is 2. The molecule has 4 heterocycles. The largest absolute Gasteiger partial charge is 0.367 e. The quantitative estimate of drug-likeness (QED) is 0.343. The van der Waals surface area contributed by atoms with Crippen LogP contribution in [0.4, 0.5) is 21.0 Å². The molecule has 1 N–H and O–H groups in total. The van der Waals surface area contributed by atoms with Crippen molar-refractivity contribution in [1.82, 2.24) is 15.1 Å². The number of amides is 8. The summed E-state index contributed by atoms with van der Waals surface area (Å²) < 4.78 is 0. The van der Waals surface area contributed by atoms with Crippen LogP contribution in [-0.4, -0.2) is 72.2 Å². The molecular weight excluding hydrogens is 526 g/mol. The molecule has 0 radical (unpaired) electrons. The summed E-state index contributed by atoms with van der Waals surface area (Å²) in [7, 11) is 2.78. The van der Waals surface area contributed by atoms with Crippen molar-refractivity contribution in [2.24, 2.45) is 5.41 Å². The van der Waals surface area contributed by atoms with Crippen LogP contribution in [0, 0.1) is 19.3 Å². The van der Waals surface area contributed by atoms with Crippen molar-refractivity contribution < 1.29 is 28.8 Å². The monoisotopic (exact) mass is 555 g/mol. The van der Waals surface area contributed by atoms with Gasteiger partial charge >= 0.3 is 12.1 Å². The number of hydrogen-bond acceptors (Lipinski definition) is 7. The summed E-state index contributed by atoms with van der Waals surface area (Å²) in [6.45, 7) is 4.31. The summed E-state index contributed by atoms with van der Waals surface area (Å²) in [5.41, 5.74) is 2.39. The average Bonchev–Trinajstić information content (AvgIpc) is 3.45. The third-order valence-corrected chi connectivity index (χ3v) is 8.88. The van der Waals surface area contributed by atoms with Gasteiger partial charge in [0, 0.05) is 26.3 Å². The molecule has 0 aromatic heterocycles. The number of anilines is 2. The highest BCUT2D eigenvalue weighted by Crippen LogP contribution is 2.49. The predicted octanol–water partition coefficient (Wildman–Crippen LogP) is 2.53. The van der Waals surface area contributed by atoms with Gasteiger partial charge in [0.2, 0.25) is 11.8 Å². The van der Waals surface area contributed by atoms with Gasteiger partial charge in [-0.2, -0.15) is 0 Å². The molecule has 8 amide bonds. The summed E-state index contributed by atoms with van der Waals surface area (Å²) in [6, 6.07) is 8.76. The van der Waals surface area contributed by atoms with Crippen molar-refractivity contribution in [1.29, 1.82) is 0 Å². The average molecular weight is 556 g/mol. The number of rotatable bonds is 2. The second-order valence-corrected chi connectivity index (χ2v) is 11.1. The Morgan fingerprint density at radius 1 is 0.927 bits per heavy atom. The van der Waals surface area contributed by atoms with E-state index in [2.05, 4.69) is 10.2 Å². The Morgan fingerprint density at radius 2 is 1.63 bits per heavy atom. The topological polar surface area (TPSA) is 127 Å². The Bertz CT molecular complexity index is 1600. The van der Waals surface area contributed by atoms with E-state index in [4.69, 9.17) is 0 Å². The van der Waals surface area contributed by atoms with Crippen LogP contribution in [0.5, 0.6) is 0 Å². The highest BCUT2D eigenvalue weighted by Gasteiger charge is 2.63. The fourth-order valence-electron chi connectivity index (χ4n) is 6.65. The van der Waals surface area contributed by atoms with Crippen molar-refractivity contribution in [3.8, 4) is 0 Å². The molecule has 0 unspecified atom stereocenters. The van der Waals surface area contributed by atoms with E-state index in [1.165, 1.54) is 20.2 Å². The van der Waals surface area contributed by atoms with Gasteiger partial charge in [-0.1, -0.05) is 18.2 Å². The second-order valence-electron chi connectivity index (χ2n) is 11.1. The summed E-state index contributed by atoms with van der Waals surface area (Å²) in [6.07, 6.45) is 2.91. The van der Waals surface area contributed by atoms with E-state index in [9.17, 15) is 28.8 Å². The molecule has 1 atom stereocenters. The van der Waals surface area contributed by atoms with Crippen LogP contribution in [0.1, 0.15) is 35.1 Å². The van der Waals surface area contributed by atoms with Gasteiger partial charge in [0.05, 0.1) is 11.7 Å². The SMILES string of the molecule is Cc1cccc(N2C(=O)NC(=O)/C(=C\c3ccc4c(c3)CC3(C(=O)N(C)C(=O)N(C)C3=O)[C@@H]3CCCN43)C2=O)c1C. The molecule has 0 bridgehead atoms. The molecule has 4 aliphatic heterocycles. The minimum absolute atomic E-state index is 0.0768. The molecule has 210 valence electrons. The van der Waals surface area contributed by atoms with E-state index in [-0.39, 0.29) is 18.0 Å². The molecule has 0 aliphatic carbocycles. The highest BCUT2D eigenvalue weighted by atomic mass is 16.2. The Morgan fingerprint density at radius 3 is 2.34 bits per heavy atom. The van der Waals surface area contributed by atoms with Gasteiger partial charge in [0.15, 0.2) is 5.41 Å². The van der Waals surface area contributed by atoms with Crippen molar-refractivity contribution in [2.75, 3.05) is 30.4 Å². The third kappa shape index (κ3) is 3.64.